The van der Waals surface area contributed by atoms with Gasteiger partial charge in [0.15, 0.2) is 11.6 Å². The number of halogens is 5. The van der Waals surface area contributed by atoms with Gasteiger partial charge >= 0.3 is 5.76 Å². The molecule has 2 N–H and O–H groups in total. The number of sulfone groups is 1. The highest BCUT2D eigenvalue weighted by Crippen LogP contribution is 2.50. The Morgan fingerprint density at radius 1 is 1.24 bits per heavy atom. The van der Waals surface area contributed by atoms with Crippen molar-refractivity contribution in [1.29, 1.82) is 0 Å². The van der Waals surface area contributed by atoms with Gasteiger partial charge in [0.25, 0.3) is 5.92 Å². The number of rotatable bonds is 4. The van der Waals surface area contributed by atoms with Crippen LogP contribution in [0.25, 0.3) is 10.9 Å². The van der Waals surface area contributed by atoms with Crippen molar-refractivity contribution in [3.63, 3.8) is 0 Å². The summed E-state index contributed by atoms with van der Waals surface area (Å²) >= 11 is 0. The van der Waals surface area contributed by atoms with E-state index in [0.29, 0.717) is 11.6 Å². The van der Waals surface area contributed by atoms with E-state index in [1.54, 1.807) is 0 Å². The fourth-order valence-corrected chi connectivity index (χ4v) is 4.26. The summed E-state index contributed by atoms with van der Waals surface area (Å²) in [5.74, 6) is -9.34. The Bertz CT molecular complexity index is 1230. The molecule has 0 saturated heterocycles. The summed E-state index contributed by atoms with van der Waals surface area (Å²) in [5.41, 5.74) is -1.00. The van der Waals surface area contributed by atoms with Gasteiger partial charge in [-0.05, 0) is 24.3 Å². The van der Waals surface area contributed by atoms with Crippen LogP contribution in [0.5, 0.6) is 11.5 Å². The molecule has 0 amide bonds. The van der Waals surface area contributed by atoms with Gasteiger partial charge in [-0.2, -0.15) is 13.9 Å². The van der Waals surface area contributed by atoms with Crippen LogP contribution in [0.15, 0.2) is 35.4 Å². The molecule has 0 saturated carbocycles. The average molecular weight is 434 g/mol. The number of nitrogens with one attached hydrogen (secondary N) is 1. The molecule has 0 aliphatic heterocycles. The molecule has 1 aromatic heterocycles. The van der Waals surface area contributed by atoms with E-state index >= 15 is 0 Å². The molecule has 0 radical (unpaired) electrons. The van der Waals surface area contributed by atoms with E-state index in [9.17, 15) is 35.5 Å². The maximum absolute atomic E-state index is 14.3. The topological polar surface area (TPSA) is 92.3 Å². The van der Waals surface area contributed by atoms with Gasteiger partial charge in [0, 0.05) is 17.5 Å². The van der Waals surface area contributed by atoms with Crippen molar-refractivity contribution in [2.45, 2.75) is 29.1 Å². The zero-order valence-corrected chi connectivity index (χ0v) is 15.0. The summed E-state index contributed by atoms with van der Waals surface area (Å²) in [4.78, 5) is -1.12. The van der Waals surface area contributed by atoms with Crippen LogP contribution in [-0.4, -0.2) is 35.4 Å². The third-order valence-electron chi connectivity index (χ3n) is 4.64. The van der Waals surface area contributed by atoms with Crippen molar-refractivity contribution >= 4 is 20.7 Å². The molecule has 0 fully saturated rings. The first kappa shape index (κ1) is 19.6. The molecular formula is C17H11F5N2O4S. The number of aromatic amines is 1. The summed E-state index contributed by atoms with van der Waals surface area (Å²) in [6.45, 7) is 0. The van der Waals surface area contributed by atoms with Crippen LogP contribution in [0.3, 0.4) is 0 Å². The Kier molecular flexibility index (Phi) is 4.31. The van der Waals surface area contributed by atoms with Crippen molar-refractivity contribution in [1.82, 2.24) is 10.2 Å². The first-order valence-corrected chi connectivity index (χ1v) is 9.62. The summed E-state index contributed by atoms with van der Waals surface area (Å²) in [6.07, 6.45) is -2.58. The Morgan fingerprint density at radius 2 is 1.97 bits per heavy atom. The molecule has 3 aromatic rings. The monoisotopic (exact) mass is 434 g/mol. The number of aliphatic hydroxyl groups is 1. The number of aromatic nitrogens is 2. The number of nitrogens with zero attached hydrogens (tertiary/aromatic N) is 1. The molecule has 6 nitrogen and oxygen atoms in total. The van der Waals surface area contributed by atoms with Crippen LogP contribution in [0.1, 0.15) is 17.2 Å². The van der Waals surface area contributed by atoms with Gasteiger partial charge in [-0.3, -0.25) is 5.10 Å². The van der Waals surface area contributed by atoms with E-state index in [4.69, 9.17) is 4.74 Å². The van der Waals surface area contributed by atoms with E-state index < -0.39 is 61.6 Å². The summed E-state index contributed by atoms with van der Waals surface area (Å²) < 4.78 is 97.7. The highest BCUT2D eigenvalue weighted by molar-refractivity contribution is 7.91. The fraction of sp³-hybridized carbons (Fsp3) is 0.235. The number of benzene rings is 2. The third-order valence-corrected chi connectivity index (χ3v) is 6.08. The van der Waals surface area contributed by atoms with Crippen molar-refractivity contribution in [2.75, 3.05) is 0 Å². The van der Waals surface area contributed by atoms with E-state index in [2.05, 4.69) is 10.2 Å². The zero-order valence-electron chi connectivity index (χ0n) is 14.2. The van der Waals surface area contributed by atoms with Crippen LogP contribution in [0, 0.1) is 5.82 Å². The number of aliphatic hydroxyl groups excluding tert-OH is 1. The normalized spacial score (nSPS) is 18.4. The lowest BCUT2D eigenvalue weighted by Crippen LogP contribution is -2.23. The van der Waals surface area contributed by atoms with Crippen molar-refractivity contribution in [3.05, 3.63) is 47.4 Å². The Hall–Kier alpha value is -2.73. The predicted molar refractivity (Wildman–Crippen MR) is 89.4 cm³/mol. The molecule has 0 bridgehead atoms. The van der Waals surface area contributed by atoms with Gasteiger partial charge in [0.2, 0.25) is 9.84 Å². The van der Waals surface area contributed by atoms with Gasteiger partial charge in [0.05, 0.1) is 22.0 Å². The number of ether oxygens (including phenoxy) is 1. The first-order chi connectivity index (χ1) is 13.5. The Morgan fingerprint density at radius 3 is 2.66 bits per heavy atom. The molecule has 29 heavy (non-hydrogen) atoms. The second kappa shape index (κ2) is 6.39. The SMILES string of the molecule is O=S(=O)(c1ccc(Oc2c(F)ccc3[nH]ncc23)c2c1C(O)C(F)(F)C2)C(F)F. The standard InChI is InChI=1S/C17H11F5N2O4S/c18-9-1-2-10-8(6-23-24-10)14(9)28-11-3-4-12(29(26,27)16(19)20)13-7(11)5-17(21,22)15(13)25/h1-4,6,15-16,25H,5H2,(H,23,24). The minimum atomic E-state index is -5.28. The van der Waals surface area contributed by atoms with E-state index in [0.717, 1.165) is 12.1 Å². The average Bonchev–Trinajstić information content (AvgIpc) is 3.21. The van der Waals surface area contributed by atoms with Crippen LogP contribution in [-0.2, 0) is 16.3 Å². The van der Waals surface area contributed by atoms with Gasteiger partial charge in [-0.25, -0.2) is 21.6 Å². The smallest absolute Gasteiger partial charge is 0.341 e. The molecule has 1 aliphatic rings. The molecule has 1 atom stereocenters. The minimum Gasteiger partial charge on any atom is -0.453 e. The first-order valence-electron chi connectivity index (χ1n) is 8.07. The van der Waals surface area contributed by atoms with Crippen molar-refractivity contribution in [3.8, 4) is 11.5 Å². The summed E-state index contributed by atoms with van der Waals surface area (Å²) in [7, 11) is -5.28. The number of hydrogen-bond donors (Lipinski definition) is 2. The lowest BCUT2D eigenvalue weighted by atomic mass is 10.1. The lowest BCUT2D eigenvalue weighted by Gasteiger charge is -2.16. The highest BCUT2D eigenvalue weighted by Gasteiger charge is 2.51. The summed E-state index contributed by atoms with van der Waals surface area (Å²) in [5, 5.41) is 16.4. The molecule has 1 heterocycles. The summed E-state index contributed by atoms with van der Waals surface area (Å²) in [6, 6.07) is 3.91. The van der Waals surface area contributed by atoms with Crippen molar-refractivity contribution < 1.29 is 40.2 Å². The number of alkyl halides is 4. The van der Waals surface area contributed by atoms with Crippen LogP contribution >= 0.6 is 0 Å². The molecule has 2 aromatic carbocycles. The maximum Gasteiger partial charge on any atom is 0.341 e. The van der Waals surface area contributed by atoms with Gasteiger partial charge in [-0.1, -0.05) is 0 Å². The number of hydrogen-bond acceptors (Lipinski definition) is 5. The predicted octanol–water partition coefficient (Wildman–Crippen LogP) is 3.72. The second-order valence-electron chi connectivity index (χ2n) is 6.41. The molecule has 4 rings (SSSR count). The molecule has 12 heteroatoms. The molecule has 1 aliphatic carbocycles. The molecular weight excluding hydrogens is 423 g/mol. The van der Waals surface area contributed by atoms with E-state index in [-0.39, 0.29) is 11.1 Å². The molecule has 1 unspecified atom stereocenters. The van der Waals surface area contributed by atoms with Gasteiger partial charge in [0.1, 0.15) is 11.9 Å². The second-order valence-corrected chi connectivity index (χ2v) is 8.30. The fourth-order valence-electron chi connectivity index (χ4n) is 3.27. The van der Waals surface area contributed by atoms with Crippen LogP contribution < -0.4 is 4.74 Å². The van der Waals surface area contributed by atoms with Gasteiger partial charge < -0.3 is 9.84 Å². The quantitative estimate of drug-likeness (QED) is 0.611. The number of H-pyrrole nitrogens is 1. The van der Waals surface area contributed by atoms with E-state index in [1.165, 1.54) is 12.3 Å². The van der Waals surface area contributed by atoms with Crippen LogP contribution in [0.4, 0.5) is 22.0 Å². The largest absolute Gasteiger partial charge is 0.453 e. The molecule has 154 valence electrons. The highest BCUT2D eigenvalue weighted by atomic mass is 32.2. The van der Waals surface area contributed by atoms with Crippen LogP contribution in [0.2, 0.25) is 0 Å². The maximum atomic E-state index is 14.3. The van der Waals surface area contributed by atoms with Crippen molar-refractivity contribution in [2.24, 2.45) is 0 Å². The lowest BCUT2D eigenvalue weighted by molar-refractivity contribution is -0.0976. The number of fused-ring (bicyclic) bond motifs is 2. The third kappa shape index (κ3) is 2.94. The Balaban J connectivity index is 1.91. The van der Waals surface area contributed by atoms with E-state index in [1.807, 2.05) is 0 Å². The molecule has 0 spiro atoms. The van der Waals surface area contributed by atoms with Gasteiger partial charge in [-0.15, -0.1) is 0 Å². The minimum absolute atomic E-state index is 0.174. The zero-order chi connectivity index (χ0) is 21.1. The Labute approximate surface area is 159 Å².